The second-order valence-corrected chi connectivity index (χ2v) is 8.57. The van der Waals surface area contributed by atoms with Crippen molar-refractivity contribution < 1.29 is 31.2 Å². The summed E-state index contributed by atoms with van der Waals surface area (Å²) in [6.45, 7) is -0.187. The Morgan fingerprint density at radius 1 is 1.37 bits per heavy atom. The van der Waals surface area contributed by atoms with Crippen molar-refractivity contribution in [2.75, 3.05) is 6.54 Å². The van der Waals surface area contributed by atoms with Gasteiger partial charge in [-0.25, -0.2) is 22.9 Å². The molecule has 2 aliphatic rings. The lowest BCUT2D eigenvalue weighted by atomic mass is 9.96. The largest absolute Gasteiger partial charge is 0.417 e. The molecule has 1 aliphatic heterocycles. The first-order chi connectivity index (χ1) is 12.4. The van der Waals surface area contributed by atoms with E-state index in [1.807, 2.05) is 0 Å². The lowest BCUT2D eigenvalue weighted by Crippen LogP contribution is -2.44. The topological polar surface area (TPSA) is 117 Å². The fraction of sp³-hybridized carbons (Fsp3) is 0.500. The number of hydrogen-bond acceptors (Lipinski definition) is 5. The minimum Gasteiger partial charge on any atom is -0.323 e. The van der Waals surface area contributed by atoms with Crippen LogP contribution in [0.15, 0.2) is 17.2 Å². The molecule has 1 saturated carbocycles. The van der Waals surface area contributed by atoms with Crippen molar-refractivity contribution in [1.29, 1.82) is 0 Å². The van der Waals surface area contributed by atoms with Crippen LogP contribution in [0.25, 0.3) is 0 Å². The Kier molecular flexibility index (Phi) is 4.85. The molecule has 1 spiro atoms. The molecule has 1 aromatic rings. The number of nitrogens with zero attached hydrogens (tertiary/aromatic N) is 1. The fourth-order valence-corrected chi connectivity index (χ4v) is 4.75. The molecule has 2 heterocycles. The zero-order valence-corrected chi connectivity index (χ0v) is 15.1. The maximum Gasteiger partial charge on any atom is 0.417 e. The summed E-state index contributed by atoms with van der Waals surface area (Å²) in [4.78, 5) is 25.6. The van der Waals surface area contributed by atoms with Crippen LogP contribution in [0, 0.1) is 5.92 Å². The summed E-state index contributed by atoms with van der Waals surface area (Å²) in [5.41, 5.74) is -2.51. The van der Waals surface area contributed by atoms with Crippen molar-refractivity contribution in [3.8, 4) is 0 Å². The van der Waals surface area contributed by atoms with Crippen molar-refractivity contribution >= 4 is 33.6 Å². The van der Waals surface area contributed by atoms with Crippen LogP contribution in [-0.2, 0) is 21.0 Å². The third-order valence-corrected chi connectivity index (χ3v) is 6.28. The van der Waals surface area contributed by atoms with E-state index in [0.717, 1.165) is 0 Å². The normalized spacial score (nSPS) is 25.7. The predicted molar refractivity (Wildman–Crippen MR) is 86.2 cm³/mol. The van der Waals surface area contributed by atoms with Crippen LogP contribution in [0.3, 0.4) is 0 Å². The summed E-state index contributed by atoms with van der Waals surface area (Å²) in [7, 11) is -4.52. The molecule has 1 aromatic heterocycles. The highest BCUT2D eigenvalue weighted by Crippen LogP contribution is 2.37. The first kappa shape index (κ1) is 19.8. The van der Waals surface area contributed by atoms with E-state index in [2.05, 4.69) is 20.3 Å². The van der Waals surface area contributed by atoms with E-state index in [1.54, 1.807) is 0 Å². The van der Waals surface area contributed by atoms with E-state index in [0.29, 0.717) is 25.1 Å². The third-order valence-electron chi connectivity index (χ3n) is 4.62. The number of pyridine rings is 1. The van der Waals surface area contributed by atoms with Gasteiger partial charge >= 0.3 is 12.2 Å². The molecule has 2 unspecified atom stereocenters. The van der Waals surface area contributed by atoms with Gasteiger partial charge in [-0.05, 0) is 31.2 Å². The Morgan fingerprint density at radius 2 is 2.07 bits per heavy atom. The van der Waals surface area contributed by atoms with E-state index in [1.165, 1.54) is 0 Å². The van der Waals surface area contributed by atoms with Gasteiger partial charge in [0, 0.05) is 12.7 Å². The monoisotopic (exact) mass is 426 g/mol. The first-order valence-electron chi connectivity index (χ1n) is 7.79. The molecule has 27 heavy (non-hydrogen) atoms. The van der Waals surface area contributed by atoms with Crippen LogP contribution < -0.4 is 15.4 Å². The number of carbonyl (C=O) groups excluding carboxylic acids is 2. The minimum atomic E-state index is -4.93. The molecular weight excluding hydrogens is 413 g/mol. The van der Waals surface area contributed by atoms with Crippen molar-refractivity contribution in [3.63, 3.8) is 0 Å². The molecule has 8 nitrogen and oxygen atoms in total. The SMILES string of the molecule is O=C1NC(=O)C2(CCC(CNS(=O)(=O)c3cnc(Cl)cc3C(F)(F)F)C2)N1. The molecule has 2 fully saturated rings. The van der Waals surface area contributed by atoms with E-state index in [-0.39, 0.29) is 18.9 Å². The van der Waals surface area contributed by atoms with Gasteiger partial charge < -0.3 is 5.32 Å². The Labute approximate surface area is 156 Å². The number of aromatic nitrogens is 1. The Balaban J connectivity index is 1.74. The summed E-state index contributed by atoms with van der Waals surface area (Å²) in [6.07, 6.45) is -3.47. The maximum absolute atomic E-state index is 13.1. The van der Waals surface area contributed by atoms with Crippen LogP contribution >= 0.6 is 11.6 Å². The van der Waals surface area contributed by atoms with E-state index >= 15 is 0 Å². The second kappa shape index (κ2) is 6.60. The summed E-state index contributed by atoms with van der Waals surface area (Å²) in [5.74, 6) is -0.822. The van der Waals surface area contributed by atoms with E-state index in [9.17, 15) is 31.2 Å². The van der Waals surface area contributed by atoms with E-state index in [4.69, 9.17) is 11.6 Å². The van der Waals surface area contributed by atoms with Crippen LogP contribution in [0.5, 0.6) is 0 Å². The average Bonchev–Trinajstić information content (AvgIpc) is 3.08. The standard InChI is InChI=1S/C14H14ClF3N4O4S/c15-10-3-8(14(16,17)18)9(6-19-10)27(25,26)20-5-7-1-2-13(4-7)11(23)21-12(24)22-13/h3,6-7,20H,1-2,4-5H2,(H2,21,22,23,24). The first-order valence-corrected chi connectivity index (χ1v) is 9.65. The molecule has 3 rings (SSSR count). The summed E-state index contributed by atoms with van der Waals surface area (Å²) in [6, 6.07) is -0.178. The van der Waals surface area contributed by atoms with Gasteiger partial charge in [0.25, 0.3) is 5.91 Å². The van der Waals surface area contributed by atoms with Crippen molar-refractivity contribution in [3.05, 3.63) is 23.0 Å². The molecule has 0 radical (unpaired) electrons. The predicted octanol–water partition coefficient (Wildman–Crippen LogP) is 1.41. The zero-order valence-electron chi connectivity index (χ0n) is 13.6. The van der Waals surface area contributed by atoms with Crippen LogP contribution in [0.1, 0.15) is 24.8 Å². The number of amides is 3. The number of sulfonamides is 1. The number of nitrogens with one attached hydrogen (secondary N) is 3. The van der Waals surface area contributed by atoms with Crippen molar-refractivity contribution in [1.82, 2.24) is 20.3 Å². The zero-order chi connectivity index (χ0) is 20.0. The van der Waals surface area contributed by atoms with Crippen LogP contribution in [-0.4, -0.2) is 37.4 Å². The highest BCUT2D eigenvalue weighted by Gasteiger charge is 2.51. The highest BCUT2D eigenvalue weighted by atomic mass is 35.5. The van der Waals surface area contributed by atoms with Gasteiger partial charge in [0.05, 0.1) is 5.56 Å². The molecule has 2 atom stereocenters. The number of halogens is 4. The van der Waals surface area contributed by atoms with E-state index < -0.39 is 49.3 Å². The smallest absolute Gasteiger partial charge is 0.323 e. The molecule has 0 bridgehead atoms. The number of urea groups is 1. The Bertz CT molecular complexity index is 908. The van der Waals surface area contributed by atoms with Gasteiger partial charge in [0.15, 0.2) is 0 Å². The lowest BCUT2D eigenvalue weighted by molar-refractivity contribution is -0.140. The van der Waals surface area contributed by atoms with Gasteiger partial charge in [-0.15, -0.1) is 0 Å². The van der Waals surface area contributed by atoms with Gasteiger partial charge in [0.2, 0.25) is 10.0 Å². The van der Waals surface area contributed by atoms with Crippen LogP contribution in [0.4, 0.5) is 18.0 Å². The molecule has 1 saturated heterocycles. The third kappa shape index (κ3) is 3.87. The summed E-state index contributed by atoms with van der Waals surface area (Å²) >= 11 is 5.45. The van der Waals surface area contributed by atoms with Gasteiger partial charge in [0.1, 0.15) is 15.6 Å². The molecule has 13 heteroatoms. The van der Waals surface area contributed by atoms with Crippen molar-refractivity contribution in [2.45, 2.75) is 35.9 Å². The minimum absolute atomic E-state index is 0.179. The molecule has 1 aliphatic carbocycles. The number of hydrogen-bond donors (Lipinski definition) is 3. The summed E-state index contributed by atoms with van der Waals surface area (Å²) in [5, 5.41) is 4.16. The quantitative estimate of drug-likeness (QED) is 0.497. The molecule has 0 aromatic carbocycles. The van der Waals surface area contributed by atoms with Gasteiger partial charge in [-0.3, -0.25) is 10.1 Å². The molecule has 3 amide bonds. The number of alkyl halides is 3. The Hall–Kier alpha value is -1.92. The van der Waals surface area contributed by atoms with Gasteiger partial charge in [-0.1, -0.05) is 11.6 Å². The summed E-state index contributed by atoms with van der Waals surface area (Å²) < 4.78 is 66.2. The van der Waals surface area contributed by atoms with Gasteiger partial charge in [-0.2, -0.15) is 13.2 Å². The molecular formula is C14H14ClF3N4O4S. The average molecular weight is 427 g/mol. The highest BCUT2D eigenvalue weighted by molar-refractivity contribution is 7.89. The number of carbonyl (C=O) groups is 2. The molecule has 3 N–H and O–H groups in total. The fourth-order valence-electron chi connectivity index (χ4n) is 3.33. The number of imide groups is 1. The number of rotatable bonds is 4. The lowest BCUT2D eigenvalue weighted by Gasteiger charge is -2.20. The molecule has 148 valence electrons. The maximum atomic E-state index is 13.1. The second-order valence-electron chi connectivity index (χ2n) is 6.45. The van der Waals surface area contributed by atoms with Crippen molar-refractivity contribution in [2.24, 2.45) is 5.92 Å². The van der Waals surface area contributed by atoms with Crippen LogP contribution in [0.2, 0.25) is 5.15 Å². The Morgan fingerprint density at radius 3 is 2.67 bits per heavy atom.